The van der Waals surface area contributed by atoms with Gasteiger partial charge in [0.1, 0.15) is 17.1 Å². The van der Waals surface area contributed by atoms with Gasteiger partial charge in [0.05, 0.1) is 32.5 Å². The molecule has 0 unspecified atom stereocenters. The SMILES string of the molecule is O=c1c(C2=Nc3ccc([N+](=O)[O-])cc3S(=O)(=O)C2)c(O)c2cc(F)ccc2n1CCC1CC1. The molecule has 9 nitrogen and oxygen atoms in total. The number of non-ortho nitro benzene ring substituents is 1. The number of pyridine rings is 1. The number of nitro groups is 1. The Morgan fingerprint density at radius 3 is 2.67 bits per heavy atom. The maximum Gasteiger partial charge on any atom is 0.270 e. The molecule has 2 heterocycles. The number of benzene rings is 2. The van der Waals surface area contributed by atoms with E-state index in [1.54, 1.807) is 0 Å². The molecule has 0 amide bonds. The van der Waals surface area contributed by atoms with Gasteiger partial charge in [-0.2, -0.15) is 0 Å². The number of nitrogens with zero attached hydrogens (tertiary/aromatic N) is 3. The number of nitro benzene ring substituents is 1. The third kappa shape index (κ3) is 3.67. The van der Waals surface area contributed by atoms with Crippen LogP contribution in [0.25, 0.3) is 10.9 Å². The van der Waals surface area contributed by atoms with Crippen LogP contribution in [-0.2, 0) is 16.4 Å². The molecule has 0 bridgehead atoms. The number of aryl methyl sites for hydroxylation is 1. The van der Waals surface area contributed by atoms with Crippen molar-refractivity contribution in [3.63, 3.8) is 0 Å². The maximum atomic E-state index is 14.0. The first-order valence-electron chi connectivity index (χ1n) is 10.3. The Bertz CT molecular complexity index is 1540. The molecule has 0 radical (unpaired) electrons. The van der Waals surface area contributed by atoms with E-state index in [2.05, 4.69) is 4.99 Å². The summed E-state index contributed by atoms with van der Waals surface area (Å²) in [6, 6.07) is 6.93. The van der Waals surface area contributed by atoms with E-state index in [-0.39, 0.29) is 27.2 Å². The molecule has 11 heteroatoms. The van der Waals surface area contributed by atoms with Crippen LogP contribution in [0.2, 0.25) is 0 Å². The Kier molecular flexibility index (Phi) is 4.82. The highest BCUT2D eigenvalue weighted by molar-refractivity contribution is 7.92. The molecule has 33 heavy (non-hydrogen) atoms. The Morgan fingerprint density at radius 2 is 1.97 bits per heavy atom. The molecule has 2 aromatic carbocycles. The lowest BCUT2D eigenvalue weighted by molar-refractivity contribution is -0.385. The van der Waals surface area contributed by atoms with Gasteiger partial charge in [-0.1, -0.05) is 12.8 Å². The number of hydrogen-bond acceptors (Lipinski definition) is 7. The lowest BCUT2D eigenvalue weighted by atomic mass is 10.1. The summed E-state index contributed by atoms with van der Waals surface area (Å²) < 4.78 is 41.3. The van der Waals surface area contributed by atoms with Gasteiger partial charge in [-0.05, 0) is 36.6 Å². The zero-order valence-corrected chi connectivity index (χ0v) is 18.0. The molecule has 1 aliphatic heterocycles. The van der Waals surface area contributed by atoms with E-state index in [9.17, 15) is 32.8 Å². The number of halogens is 1. The second-order valence-corrected chi connectivity index (χ2v) is 10.3. The first kappa shape index (κ1) is 21.3. The monoisotopic (exact) mass is 471 g/mol. The summed E-state index contributed by atoms with van der Waals surface area (Å²) in [5.41, 5.74) is -1.24. The second-order valence-electron chi connectivity index (χ2n) is 8.30. The molecule has 170 valence electrons. The van der Waals surface area contributed by atoms with Crippen LogP contribution in [0.5, 0.6) is 5.75 Å². The molecule has 0 saturated heterocycles. The normalized spacial score (nSPS) is 16.9. The number of fused-ring (bicyclic) bond motifs is 2. The van der Waals surface area contributed by atoms with Crippen LogP contribution in [0, 0.1) is 21.8 Å². The highest BCUT2D eigenvalue weighted by Crippen LogP contribution is 2.37. The molecule has 1 fully saturated rings. The zero-order chi connectivity index (χ0) is 23.5. The average Bonchev–Trinajstić information content (AvgIpc) is 3.58. The molecular formula is C22H18FN3O6S. The molecule has 5 rings (SSSR count). The summed E-state index contributed by atoms with van der Waals surface area (Å²) in [7, 11) is -4.09. The predicted molar refractivity (Wildman–Crippen MR) is 119 cm³/mol. The van der Waals surface area contributed by atoms with E-state index in [1.165, 1.54) is 22.8 Å². The van der Waals surface area contributed by atoms with Crippen LogP contribution >= 0.6 is 0 Å². The van der Waals surface area contributed by atoms with Gasteiger partial charge in [0.2, 0.25) is 0 Å². The van der Waals surface area contributed by atoms with Gasteiger partial charge in [0.15, 0.2) is 9.84 Å². The van der Waals surface area contributed by atoms with Gasteiger partial charge >= 0.3 is 0 Å². The first-order valence-corrected chi connectivity index (χ1v) is 11.9. The van der Waals surface area contributed by atoms with Gasteiger partial charge in [-0.3, -0.25) is 19.9 Å². The first-order chi connectivity index (χ1) is 15.7. The molecule has 2 aliphatic rings. The fraction of sp³-hybridized carbons (Fsp3) is 0.273. The van der Waals surface area contributed by atoms with Crippen molar-refractivity contribution in [1.29, 1.82) is 0 Å². The summed E-state index contributed by atoms with van der Waals surface area (Å²) in [6.07, 6.45) is 2.87. The third-order valence-corrected chi connectivity index (χ3v) is 7.67. The van der Waals surface area contributed by atoms with Crippen LogP contribution in [0.15, 0.2) is 51.1 Å². The number of sulfone groups is 1. The van der Waals surface area contributed by atoms with Crippen LogP contribution in [-0.4, -0.2) is 34.5 Å². The zero-order valence-electron chi connectivity index (χ0n) is 17.2. The molecular weight excluding hydrogens is 453 g/mol. The van der Waals surface area contributed by atoms with Crippen molar-refractivity contribution in [2.24, 2.45) is 10.9 Å². The summed E-state index contributed by atoms with van der Waals surface area (Å²) in [6.45, 7) is 0.335. The third-order valence-electron chi connectivity index (χ3n) is 6.02. The summed E-state index contributed by atoms with van der Waals surface area (Å²) in [5.74, 6) is -1.39. The van der Waals surface area contributed by atoms with E-state index in [0.717, 1.165) is 37.5 Å². The fourth-order valence-corrected chi connectivity index (χ4v) is 5.59. The summed E-state index contributed by atoms with van der Waals surface area (Å²) in [4.78, 5) is 27.7. The van der Waals surface area contributed by atoms with Crippen LogP contribution in [0.4, 0.5) is 15.8 Å². The van der Waals surface area contributed by atoms with Gasteiger partial charge in [-0.25, -0.2) is 12.8 Å². The minimum Gasteiger partial charge on any atom is -0.506 e. The highest BCUT2D eigenvalue weighted by atomic mass is 32.2. The molecule has 1 N–H and O–H groups in total. The molecule has 0 atom stereocenters. The van der Waals surface area contributed by atoms with E-state index in [4.69, 9.17) is 0 Å². The van der Waals surface area contributed by atoms with E-state index < -0.39 is 43.3 Å². The Morgan fingerprint density at radius 1 is 1.21 bits per heavy atom. The van der Waals surface area contributed by atoms with Crippen molar-refractivity contribution in [3.8, 4) is 5.75 Å². The van der Waals surface area contributed by atoms with Crippen molar-refractivity contribution >= 4 is 37.8 Å². The molecule has 0 spiro atoms. The molecule has 3 aromatic rings. The van der Waals surface area contributed by atoms with Crippen LogP contribution in [0.3, 0.4) is 0 Å². The number of hydrogen-bond donors (Lipinski definition) is 1. The Balaban J connectivity index is 1.74. The summed E-state index contributed by atoms with van der Waals surface area (Å²) in [5, 5.41) is 22.0. The topological polar surface area (TPSA) is 132 Å². The van der Waals surface area contributed by atoms with Crippen LogP contribution < -0.4 is 5.56 Å². The lowest BCUT2D eigenvalue weighted by Gasteiger charge is -2.19. The number of rotatable bonds is 5. The highest BCUT2D eigenvalue weighted by Gasteiger charge is 2.33. The maximum absolute atomic E-state index is 14.0. The number of aliphatic imine (C=N–C) groups is 1. The van der Waals surface area contributed by atoms with Gasteiger partial charge in [-0.15, -0.1) is 0 Å². The van der Waals surface area contributed by atoms with Crippen molar-refractivity contribution in [2.75, 3.05) is 5.75 Å². The van der Waals surface area contributed by atoms with Crippen molar-refractivity contribution in [3.05, 3.63) is 68.2 Å². The van der Waals surface area contributed by atoms with E-state index >= 15 is 0 Å². The summed E-state index contributed by atoms with van der Waals surface area (Å²) >= 11 is 0. The van der Waals surface area contributed by atoms with Gasteiger partial charge in [0, 0.05) is 24.1 Å². The van der Waals surface area contributed by atoms with Gasteiger partial charge < -0.3 is 9.67 Å². The van der Waals surface area contributed by atoms with Crippen molar-refractivity contribution in [1.82, 2.24) is 4.57 Å². The fourth-order valence-electron chi connectivity index (χ4n) is 4.14. The van der Waals surface area contributed by atoms with E-state index in [1.807, 2.05) is 0 Å². The standard InChI is InChI=1S/C22H18FN3O6S/c23-13-3-6-18-15(9-13)21(27)20(22(28)25(18)8-7-12-1-2-12)17-11-33(31,32)19-10-14(26(29)30)4-5-16(19)24-17/h3-6,9-10,12,27H,1-2,7-8,11H2. The Hall–Kier alpha value is -3.60. The Labute approximate surface area is 186 Å². The van der Waals surface area contributed by atoms with Crippen LogP contribution in [0.1, 0.15) is 24.8 Å². The van der Waals surface area contributed by atoms with E-state index in [0.29, 0.717) is 18.0 Å². The average molecular weight is 471 g/mol. The van der Waals surface area contributed by atoms with Crippen molar-refractivity contribution in [2.45, 2.75) is 30.7 Å². The smallest absolute Gasteiger partial charge is 0.270 e. The minimum atomic E-state index is -4.09. The molecule has 1 aliphatic carbocycles. The molecule has 1 aromatic heterocycles. The minimum absolute atomic E-state index is 0.0653. The number of aromatic hydroxyl groups is 1. The predicted octanol–water partition coefficient (Wildman–Crippen LogP) is 3.46. The molecule has 1 saturated carbocycles. The quantitative estimate of drug-likeness (QED) is 0.448. The lowest BCUT2D eigenvalue weighted by Crippen LogP contribution is -2.31. The van der Waals surface area contributed by atoms with Gasteiger partial charge in [0.25, 0.3) is 11.2 Å². The van der Waals surface area contributed by atoms with Crippen molar-refractivity contribution < 1.29 is 22.8 Å². The number of aromatic nitrogens is 1. The largest absolute Gasteiger partial charge is 0.506 e. The second kappa shape index (κ2) is 7.48.